The Balaban J connectivity index is 2.31. The molecule has 0 saturated carbocycles. The summed E-state index contributed by atoms with van der Waals surface area (Å²) < 4.78 is 0.968. The van der Waals surface area contributed by atoms with E-state index < -0.39 is 0 Å². The van der Waals surface area contributed by atoms with Crippen molar-refractivity contribution in [1.82, 2.24) is 4.98 Å². The summed E-state index contributed by atoms with van der Waals surface area (Å²) in [5, 5.41) is 3.38. The van der Waals surface area contributed by atoms with Gasteiger partial charge in [0, 0.05) is 18.1 Å². The average Bonchev–Trinajstić information content (AvgIpc) is 2.25. The van der Waals surface area contributed by atoms with Gasteiger partial charge in [-0.05, 0) is 47.5 Å². The molecule has 2 nitrogen and oxygen atoms in total. The molecule has 1 N–H and O–H groups in total. The minimum absolute atomic E-state index is 0.968. The maximum absolute atomic E-state index is 4.04. The van der Waals surface area contributed by atoms with Gasteiger partial charge in [-0.25, -0.2) is 0 Å². The van der Waals surface area contributed by atoms with E-state index >= 15 is 0 Å². The number of pyridine rings is 1. The molecular formula is C13H13BrN2. The van der Waals surface area contributed by atoms with Crippen LogP contribution >= 0.6 is 15.9 Å². The normalized spacial score (nSPS) is 10.2. The Labute approximate surface area is 104 Å². The molecule has 82 valence electrons. The molecule has 0 fully saturated rings. The summed E-state index contributed by atoms with van der Waals surface area (Å²) in [7, 11) is 0. The first-order valence-electron chi connectivity index (χ1n) is 5.10. The summed E-state index contributed by atoms with van der Waals surface area (Å²) in [6.07, 6.45) is 3.56. The van der Waals surface area contributed by atoms with Gasteiger partial charge in [0.25, 0.3) is 0 Å². The van der Waals surface area contributed by atoms with Gasteiger partial charge in [-0.15, -0.1) is 0 Å². The number of hydrogen-bond donors (Lipinski definition) is 1. The van der Waals surface area contributed by atoms with Crippen LogP contribution in [0.1, 0.15) is 11.1 Å². The second-order valence-corrected chi connectivity index (χ2v) is 4.65. The monoisotopic (exact) mass is 276 g/mol. The maximum Gasteiger partial charge on any atom is 0.0593 e. The zero-order valence-corrected chi connectivity index (χ0v) is 10.9. The van der Waals surface area contributed by atoms with Crippen molar-refractivity contribution >= 4 is 27.3 Å². The highest BCUT2D eigenvalue weighted by atomic mass is 79.9. The van der Waals surface area contributed by atoms with Gasteiger partial charge in [0.05, 0.1) is 10.2 Å². The van der Waals surface area contributed by atoms with E-state index in [2.05, 4.69) is 58.3 Å². The number of benzene rings is 1. The predicted octanol–water partition coefficient (Wildman–Crippen LogP) is 4.20. The minimum Gasteiger partial charge on any atom is -0.354 e. The lowest BCUT2D eigenvalue weighted by Crippen LogP contribution is -1.94. The van der Waals surface area contributed by atoms with E-state index in [1.54, 1.807) is 12.4 Å². The molecular weight excluding hydrogens is 264 g/mol. The molecule has 0 aliphatic rings. The van der Waals surface area contributed by atoms with Gasteiger partial charge in [0.2, 0.25) is 0 Å². The smallest absolute Gasteiger partial charge is 0.0593 e. The number of aryl methyl sites for hydroxylation is 2. The number of rotatable bonds is 2. The summed E-state index contributed by atoms with van der Waals surface area (Å²) in [6, 6.07) is 8.31. The summed E-state index contributed by atoms with van der Waals surface area (Å²) in [4.78, 5) is 4.04. The van der Waals surface area contributed by atoms with Crippen molar-refractivity contribution in [2.75, 3.05) is 5.32 Å². The zero-order valence-electron chi connectivity index (χ0n) is 9.29. The van der Waals surface area contributed by atoms with Gasteiger partial charge >= 0.3 is 0 Å². The topological polar surface area (TPSA) is 24.9 Å². The highest BCUT2D eigenvalue weighted by molar-refractivity contribution is 9.10. The Morgan fingerprint density at radius 2 is 1.94 bits per heavy atom. The van der Waals surface area contributed by atoms with Gasteiger partial charge in [-0.1, -0.05) is 17.7 Å². The molecule has 0 aliphatic carbocycles. The van der Waals surface area contributed by atoms with Crippen molar-refractivity contribution in [3.8, 4) is 0 Å². The number of aromatic nitrogens is 1. The molecule has 1 aromatic carbocycles. The fourth-order valence-electron chi connectivity index (χ4n) is 1.58. The van der Waals surface area contributed by atoms with Crippen LogP contribution in [0.15, 0.2) is 41.1 Å². The molecule has 2 aromatic rings. The summed E-state index contributed by atoms with van der Waals surface area (Å²) in [5.41, 5.74) is 4.67. The van der Waals surface area contributed by atoms with Crippen LogP contribution in [-0.4, -0.2) is 4.98 Å². The lowest BCUT2D eigenvalue weighted by Gasteiger charge is -2.11. The lowest BCUT2D eigenvalue weighted by molar-refractivity contribution is 1.30. The fourth-order valence-corrected chi connectivity index (χ4v) is 1.93. The number of nitrogens with one attached hydrogen (secondary N) is 1. The third-order valence-corrected chi connectivity index (χ3v) is 3.06. The van der Waals surface area contributed by atoms with Crippen molar-refractivity contribution in [1.29, 1.82) is 0 Å². The van der Waals surface area contributed by atoms with E-state index in [1.165, 1.54) is 11.1 Å². The Kier molecular flexibility index (Phi) is 3.25. The Morgan fingerprint density at radius 3 is 2.62 bits per heavy atom. The van der Waals surface area contributed by atoms with Crippen molar-refractivity contribution in [2.45, 2.75) is 13.8 Å². The first-order chi connectivity index (χ1) is 7.66. The number of halogens is 1. The van der Waals surface area contributed by atoms with Crippen LogP contribution in [0.25, 0.3) is 0 Å². The van der Waals surface area contributed by atoms with Crippen molar-refractivity contribution in [3.05, 3.63) is 52.3 Å². The third-order valence-electron chi connectivity index (χ3n) is 2.42. The zero-order chi connectivity index (χ0) is 11.5. The largest absolute Gasteiger partial charge is 0.354 e. The first kappa shape index (κ1) is 11.1. The van der Waals surface area contributed by atoms with Gasteiger partial charge < -0.3 is 5.32 Å². The van der Waals surface area contributed by atoms with Crippen molar-refractivity contribution < 1.29 is 0 Å². The molecule has 1 aromatic heterocycles. The SMILES string of the molecule is Cc1ccc(Nc2ccncc2Br)c(C)c1. The molecule has 0 spiro atoms. The lowest BCUT2D eigenvalue weighted by atomic mass is 10.1. The van der Waals surface area contributed by atoms with E-state index in [-0.39, 0.29) is 0 Å². The quantitative estimate of drug-likeness (QED) is 0.889. The molecule has 3 heteroatoms. The van der Waals surface area contributed by atoms with Crippen LogP contribution in [0.3, 0.4) is 0 Å². The Hall–Kier alpha value is -1.35. The van der Waals surface area contributed by atoms with E-state index in [4.69, 9.17) is 0 Å². The number of anilines is 2. The van der Waals surface area contributed by atoms with E-state index in [9.17, 15) is 0 Å². The molecule has 0 radical (unpaired) electrons. The number of nitrogens with zero attached hydrogens (tertiary/aromatic N) is 1. The molecule has 0 aliphatic heterocycles. The van der Waals surface area contributed by atoms with Gasteiger partial charge in [-0.2, -0.15) is 0 Å². The maximum atomic E-state index is 4.04. The summed E-state index contributed by atoms with van der Waals surface area (Å²) in [6.45, 7) is 4.20. The van der Waals surface area contributed by atoms with E-state index in [0.717, 1.165) is 15.8 Å². The predicted molar refractivity (Wildman–Crippen MR) is 71.1 cm³/mol. The molecule has 0 atom stereocenters. The van der Waals surface area contributed by atoms with Crippen LogP contribution in [0.2, 0.25) is 0 Å². The van der Waals surface area contributed by atoms with Crippen LogP contribution in [0, 0.1) is 13.8 Å². The Bertz CT molecular complexity index is 509. The van der Waals surface area contributed by atoms with Crippen LogP contribution in [-0.2, 0) is 0 Å². The highest BCUT2D eigenvalue weighted by Crippen LogP contribution is 2.26. The second-order valence-electron chi connectivity index (χ2n) is 3.80. The molecule has 1 heterocycles. The molecule has 0 saturated heterocycles. The van der Waals surface area contributed by atoms with Gasteiger partial charge in [0.15, 0.2) is 0 Å². The highest BCUT2D eigenvalue weighted by Gasteiger charge is 2.02. The molecule has 0 amide bonds. The van der Waals surface area contributed by atoms with Crippen LogP contribution in [0.5, 0.6) is 0 Å². The average molecular weight is 277 g/mol. The molecule has 0 bridgehead atoms. The summed E-state index contributed by atoms with van der Waals surface area (Å²) in [5.74, 6) is 0. The van der Waals surface area contributed by atoms with Crippen molar-refractivity contribution in [3.63, 3.8) is 0 Å². The van der Waals surface area contributed by atoms with Crippen molar-refractivity contribution in [2.24, 2.45) is 0 Å². The number of hydrogen-bond acceptors (Lipinski definition) is 2. The van der Waals surface area contributed by atoms with Gasteiger partial charge in [0.1, 0.15) is 0 Å². The van der Waals surface area contributed by atoms with E-state index in [1.807, 2.05) is 6.07 Å². The second kappa shape index (κ2) is 4.66. The van der Waals surface area contributed by atoms with E-state index in [0.29, 0.717) is 0 Å². The van der Waals surface area contributed by atoms with Crippen LogP contribution < -0.4 is 5.32 Å². The molecule has 2 rings (SSSR count). The Morgan fingerprint density at radius 1 is 1.12 bits per heavy atom. The third kappa shape index (κ3) is 2.42. The molecule has 16 heavy (non-hydrogen) atoms. The summed E-state index contributed by atoms with van der Waals surface area (Å²) >= 11 is 3.47. The first-order valence-corrected chi connectivity index (χ1v) is 5.90. The standard InChI is InChI=1S/C13H13BrN2/c1-9-3-4-12(10(2)7-9)16-13-5-6-15-8-11(13)14/h3-8H,1-2H3,(H,15,16). The molecule has 0 unspecified atom stereocenters. The van der Waals surface area contributed by atoms with Gasteiger partial charge in [-0.3, -0.25) is 4.98 Å². The fraction of sp³-hybridized carbons (Fsp3) is 0.154. The van der Waals surface area contributed by atoms with Crippen LogP contribution in [0.4, 0.5) is 11.4 Å². The minimum atomic E-state index is 0.968.